The molecule has 33 heavy (non-hydrogen) atoms. The minimum absolute atomic E-state index is 0.0566. The molecule has 170 valence electrons. The van der Waals surface area contributed by atoms with Gasteiger partial charge in [0.25, 0.3) is 5.56 Å². The molecule has 4 aromatic rings. The van der Waals surface area contributed by atoms with E-state index in [0.717, 1.165) is 44.8 Å². The van der Waals surface area contributed by atoms with Crippen molar-refractivity contribution >= 4 is 22.6 Å². The minimum atomic E-state index is -0.0967. The number of pyridine rings is 1. The zero-order valence-electron chi connectivity index (χ0n) is 19.9. The van der Waals surface area contributed by atoms with Crippen molar-refractivity contribution in [2.75, 3.05) is 5.32 Å². The molecule has 0 aliphatic carbocycles. The molecule has 2 heterocycles. The summed E-state index contributed by atoms with van der Waals surface area (Å²) < 4.78 is 3.62. The number of para-hydroxylation sites is 1. The lowest BCUT2D eigenvalue weighted by Crippen LogP contribution is -2.27. The van der Waals surface area contributed by atoms with E-state index in [2.05, 4.69) is 5.32 Å². The van der Waals surface area contributed by atoms with E-state index >= 15 is 0 Å². The second-order valence-electron chi connectivity index (χ2n) is 8.55. The van der Waals surface area contributed by atoms with Gasteiger partial charge < -0.3 is 5.32 Å². The first-order valence-corrected chi connectivity index (χ1v) is 11.4. The van der Waals surface area contributed by atoms with Crippen LogP contribution in [0, 0.1) is 27.7 Å². The molecule has 6 heteroatoms. The summed E-state index contributed by atoms with van der Waals surface area (Å²) in [5.74, 6) is -0.0967. The molecule has 2 aromatic heterocycles. The van der Waals surface area contributed by atoms with Gasteiger partial charge in [-0.05, 0) is 70.4 Å². The predicted octanol–water partition coefficient (Wildman–Crippen LogP) is 5.01. The van der Waals surface area contributed by atoms with Gasteiger partial charge in [-0.2, -0.15) is 5.10 Å². The van der Waals surface area contributed by atoms with E-state index in [-0.39, 0.29) is 17.9 Å². The van der Waals surface area contributed by atoms with Gasteiger partial charge in [0.05, 0.1) is 11.4 Å². The highest BCUT2D eigenvalue weighted by molar-refractivity contribution is 5.92. The number of nitrogens with zero attached hydrogens (tertiary/aromatic N) is 3. The number of aromatic nitrogens is 3. The Balaban J connectivity index is 1.70. The number of hydrogen-bond donors (Lipinski definition) is 1. The number of anilines is 1. The molecule has 2 aromatic carbocycles. The highest BCUT2D eigenvalue weighted by Crippen LogP contribution is 2.26. The Hall–Kier alpha value is -3.67. The van der Waals surface area contributed by atoms with E-state index in [0.29, 0.717) is 18.5 Å². The molecule has 0 atom stereocenters. The molecule has 0 saturated carbocycles. The second-order valence-corrected chi connectivity index (χ2v) is 8.55. The van der Waals surface area contributed by atoms with Gasteiger partial charge in [0.15, 0.2) is 0 Å². The largest absolute Gasteiger partial charge is 0.326 e. The van der Waals surface area contributed by atoms with Crippen molar-refractivity contribution in [1.82, 2.24) is 14.3 Å². The number of aryl methyl sites for hydroxylation is 5. The van der Waals surface area contributed by atoms with Gasteiger partial charge in [0.1, 0.15) is 5.65 Å². The summed E-state index contributed by atoms with van der Waals surface area (Å²) in [5.41, 5.74) is 7.09. The minimum Gasteiger partial charge on any atom is -0.326 e. The van der Waals surface area contributed by atoms with Crippen molar-refractivity contribution in [3.63, 3.8) is 0 Å². The number of amides is 1. The summed E-state index contributed by atoms with van der Waals surface area (Å²) in [6.07, 6.45) is 0.623. The Kier molecular flexibility index (Phi) is 6.18. The number of rotatable bonds is 6. The van der Waals surface area contributed by atoms with Crippen LogP contribution in [0.15, 0.2) is 53.3 Å². The zero-order valence-corrected chi connectivity index (χ0v) is 19.9. The molecule has 0 aliphatic heterocycles. The van der Waals surface area contributed by atoms with Gasteiger partial charge in [-0.1, -0.05) is 35.9 Å². The third kappa shape index (κ3) is 4.21. The molecule has 1 amide bonds. The molecule has 0 aliphatic rings. The quantitative estimate of drug-likeness (QED) is 0.456. The lowest BCUT2D eigenvalue weighted by Gasteiger charge is -2.15. The normalized spacial score (nSPS) is 11.2. The number of hydrogen-bond acceptors (Lipinski definition) is 3. The van der Waals surface area contributed by atoms with Crippen LogP contribution >= 0.6 is 0 Å². The monoisotopic (exact) mass is 442 g/mol. The van der Waals surface area contributed by atoms with Gasteiger partial charge in [0, 0.05) is 29.6 Å². The van der Waals surface area contributed by atoms with E-state index in [1.807, 2.05) is 87.8 Å². The number of carbonyl (C=O) groups is 1. The number of carbonyl (C=O) groups excluding carboxylic acids is 1. The third-order valence-corrected chi connectivity index (χ3v) is 6.20. The Morgan fingerprint density at radius 3 is 2.42 bits per heavy atom. The molecular weight excluding hydrogens is 412 g/mol. The average Bonchev–Trinajstić information content (AvgIpc) is 3.13. The zero-order chi connectivity index (χ0) is 23.7. The van der Waals surface area contributed by atoms with Crippen molar-refractivity contribution in [3.8, 4) is 5.69 Å². The maximum Gasteiger partial charge on any atom is 0.255 e. The fourth-order valence-corrected chi connectivity index (χ4v) is 4.52. The second kappa shape index (κ2) is 9.06. The molecular formula is C27H30N4O2. The molecule has 4 rings (SSSR count). The Labute approximate surface area is 193 Å². The fraction of sp³-hybridized carbons (Fsp3) is 0.296. The Morgan fingerprint density at radius 1 is 1.03 bits per heavy atom. The SMILES string of the molecule is CCn1c(=O)c(CCC(=O)Nc2ccc(C)cc2C)c(C)c2c(C)nn(-c3ccccc3)c21. The van der Waals surface area contributed by atoms with Crippen LogP contribution in [0.5, 0.6) is 0 Å². The summed E-state index contributed by atoms with van der Waals surface area (Å²) >= 11 is 0. The maximum absolute atomic E-state index is 13.5. The maximum atomic E-state index is 13.5. The lowest BCUT2D eigenvalue weighted by atomic mass is 10.0. The van der Waals surface area contributed by atoms with E-state index in [4.69, 9.17) is 5.10 Å². The van der Waals surface area contributed by atoms with E-state index in [9.17, 15) is 9.59 Å². The molecule has 0 unspecified atom stereocenters. The topological polar surface area (TPSA) is 68.9 Å². The van der Waals surface area contributed by atoms with Crippen molar-refractivity contribution in [2.45, 2.75) is 54.0 Å². The summed E-state index contributed by atoms with van der Waals surface area (Å²) in [5, 5.41) is 8.72. The van der Waals surface area contributed by atoms with Crippen molar-refractivity contribution < 1.29 is 4.79 Å². The van der Waals surface area contributed by atoms with Gasteiger partial charge in [-0.15, -0.1) is 0 Å². The predicted molar refractivity (Wildman–Crippen MR) is 133 cm³/mol. The van der Waals surface area contributed by atoms with Crippen LogP contribution < -0.4 is 10.9 Å². The van der Waals surface area contributed by atoms with Gasteiger partial charge in [-0.3, -0.25) is 14.2 Å². The lowest BCUT2D eigenvalue weighted by molar-refractivity contribution is -0.116. The van der Waals surface area contributed by atoms with Crippen LogP contribution in [-0.4, -0.2) is 20.3 Å². The van der Waals surface area contributed by atoms with E-state index < -0.39 is 0 Å². The molecule has 0 spiro atoms. The Bertz CT molecular complexity index is 1400. The van der Waals surface area contributed by atoms with Crippen LogP contribution in [0.4, 0.5) is 5.69 Å². The van der Waals surface area contributed by atoms with E-state index in [1.165, 1.54) is 0 Å². The number of fused-ring (bicyclic) bond motifs is 1. The van der Waals surface area contributed by atoms with Crippen LogP contribution in [-0.2, 0) is 17.8 Å². The first-order chi connectivity index (χ1) is 15.8. The average molecular weight is 443 g/mol. The summed E-state index contributed by atoms with van der Waals surface area (Å²) in [6, 6.07) is 15.8. The molecule has 6 nitrogen and oxygen atoms in total. The van der Waals surface area contributed by atoms with Gasteiger partial charge in [-0.25, -0.2) is 4.68 Å². The molecule has 0 fully saturated rings. The molecule has 0 radical (unpaired) electrons. The Morgan fingerprint density at radius 2 is 1.76 bits per heavy atom. The van der Waals surface area contributed by atoms with Crippen LogP contribution in [0.25, 0.3) is 16.7 Å². The molecule has 0 saturated heterocycles. The summed E-state index contributed by atoms with van der Waals surface area (Å²) in [4.78, 5) is 26.2. The van der Waals surface area contributed by atoms with Crippen LogP contribution in [0.3, 0.4) is 0 Å². The smallest absolute Gasteiger partial charge is 0.255 e. The van der Waals surface area contributed by atoms with Crippen LogP contribution in [0.1, 0.15) is 41.3 Å². The summed E-state index contributed by atoms with van der Waals surface area (Å²) in [7, 11) is 0. The van der Waals surface area contributed by atoms with Crippen molar-refractivity contribution in [3.05, 3.63) is 86.8 Å². The van der Waals surface area contributed by atoms with E-state index in [1.54, 1.807) is 4.57 Å². The fourth-order valence-electron chi connectivity index (χ4n) is 4.52. The first kappa shape index (κ1) is 22.5. The number of nitrogens with one attached hydrogen (secondary N) is 1. The van der Waals surface area contributed by atoms with Crippen molar-refractivity contribution in [1.29, 1.82) is 0 Å². The van der Waals surface area contributed by atoms with Gasteiger partial charge >= 0.3 is 0 Å². The van der Waals surface area contributed by atoms with Crippen LogP contribution in [0.2, 0.25) is 0 Å². The van der Waals surface area contributed by atoms with Gasteiger partial charge in [0.2, 0.25) is 5.91 Å². The first-order valence-electron chi connectivity index (χ1n) is 11.4. The number of benzene rings is 2. The third-order valence-electron chi connectivity index (χ3n) is 6.20. The van der Waals surface area contributed by atoms with Crippen molar-refractivity contribution in [2.24, 2.45) is 0 Å². The molecule has 1 N–H and O–H groups in total. The summed E-state index contributed by atoms with van der Waals surface area (Å²) in [6.45, 7) is 10.4. The standard InChI is InChI=1S/C27H30N4O2/c1-6-30-26-25(20(5)29-31(26)21-10-8-7-9-11-21)19(4)22(27(30)33)13-15-24(32)28-23-14-12-17(2)16-18(23)3/h7-12,14,16H,6,13,15H2,1-5H3,(H,28,32). The highest BCUT2D eigenvalue weighted by Gasteiger charge is 2.21. The molecule has 0 bridgehead atoms. The highest BCUT2D eigenvalue weighted by atomic mass is 16.1.